The molecule has 0 saturated heterocycles. The van der Waals surface area contributed by atoms with E-state index in [0.29, 0.717) is 5.95 Å². The molecule has 3 aromatic rings. The van der Waals surface area contributed by atoms with Crippen LogP contribution in [0.4, 0.5) is 11.6 Å². The fraction of sp³-hybridized carbons (Fsp3) is 0.167. The Kier molecular flexibility index (Phi) is 4.96. The molecule has 0 aliphatic carbocycles. The highest BCUT2D eigenvalue weighted by molar-refractivity contribution is 8.13. The summed E-state index contributed by atoms with van der Waals surface area (Å²) in [5.74, 6) is 0.612. The molecule has 122 valence electrons. The van der Waals surface area contributed by atoms with E-state index < -0.39 is 0 Å². The number of nitrogens with one attached hydrogen (secondary N) is 1. The molecule has 1 heterocycles. The Morgan fingerprint density at radius 2 is 1.75 bits per heavy atom. The van der Waals surface area contributed by atoms with Gasteiger partial charge >= 0.3 is 0 Å². The second kappa shape index (κ2) is 7.31. The molecule has 0 aliphatic heterocycles. The largest absolute Gasteiger partial charge is 0.274 e. The van der Waals surface area contributed by atoms with Gasteiger partial charge in [0.05, 0.1) is 16.9 Å². The van der Waals surface area contributed by atoms with E-state index in [1.165, 1.54) is 11.8 Å². The van der Waals surface area contributed by atoms with Gasteiger partial charge in [-0.05, 0) is 31.4 Å². The maximum atomic E-state index is 4.62. The van der Waals surface area contributed by atoms with Crippen LogP contribution in [0.25, 0.3) is 10.9 Å². The molecule has 0 saturated carbocycles. The molecule has 3 rings (SSSR count). The Balaban J connectivity index is 1.86. The van der Waals surface area contributed by atoms with Gasteiger partial charge in [0.25, 0.3) is 0 Å². The number of amidine groups is 1. The van der Waals surface area contributed by atoms with E-state index in [0.717, 1.165) is 27.5 Å². The van der Waals surface area contributed by atoms with Crippen LogP contribution in [0, 0.1) is 6.92 Å². The number of hydrogen-bond donors (Lipinski definition) is 1. The van der Waals surface area contributed by atoms with Gasteiger partial charge in [0.2, 0.25) is 5.95 Å². The maximum Gasteiger partial charge on any atom is 0.244 e. The second-order valence-corrected chi connectivity index (χ2v) is 6.05. The fourth-order valence-electron chi connectivity index (χ4n) is 2.30. The molecule has 0 radical (unpaired) electrons. The minimum atomic E-state index is 0.612. The number of thioether (sulfide) groups is 1. The van der Waals surface area contributed by atoms with E-state index >= 15 is 0 Å². The summed E-state index contributed by atoms with van der Waals surface area (Å²) < 4.78 is 0. The third kappa shape index (κ3) is 3.65. The summed E-state index contributed by atoms with van der Waals surface area (Å²) in [5.41, 5.74) is 6.03. The smallest absolute Gasteiger partial charge is 0.244 e. The average Bonchev–Trinajstić information content (AvgIpc) is 2.62. The van der Waals surface area contributed by atoms with Crippen molar-refractivity contribution in [3.63, 3.8) is 0 Å². The summed E-state index contributed by atoms with van der Waals surface area (Å²) in [7, 11) is 1.89. The molecule has 0 bridgehead atoms. The molecule has 0 unspecified atom stereocenters. The Bertz CT molecular complexity index is 864. The zero-order chi connectivity index (χ0) is 16.9. The van der Waals surface area contributed by atoms with Crippen LogP contribution in [0.1, 0.15) is 5.69 Å². The summed E-state index contributed by atoms with van der Waals surface area (Å²) in [4.78, 5) is 13.8. The van der Waals surface area contributed by atoms with E-state index in [-0.39, 0.29) is 0 Å². The van der Waals surface area contributed by atoms with E-state index in [9.17, 15) is 0 Å². The molecule has 1 N–H and O–H groups in total. The summed E-state index contributed by atoms with van der Waals surface area (Å²) in [6.45, 7) is 1.99. The zero-order valence-corrected chi connectivity index (χ0v) is 14.7. The highest BCUT2D eigenvalue weighted by Gasteiger charge is 2.10. The number of hydrogen-bond acceptors (Lipinski definition) is 5. The predicted molar refractivity (Wildman–Crippen MR) is 103 cm³/mol. The molecule has 5 nitrogen and oxygen atoms in total. The number of benzene rings is 2. The fourth-order valence-corrected chi connectivity index (χ4v) is 2.72. The number of para-hydroxylation sites is 2. The quantitative estimate of drug-likeness (QED) is 0.446. The van der Waals surface area contributed by atoms with Gasteiger partial charge in [-0.3, -0.25) is 10.4 Å². The number of nitrogens with zero attached hydrogens (tertiary/aromatic N) is 4. The van der Waals surface area contributed by atoms with Crippen molar-refractivity contribution in [1.82, 2.24) is 15.4 Å². The molecular weight excluding hydrogens is 318 g/mol. The van der Waals surface area contributed by atoms with Crippen LogP contribution < -0.4 is 10.4 Å². The topological polar surface area (TPSA) is 53.4 Å². The lowest BCUT2D eigenvalue weighted by molar-refractivity contribution is 0.839. The number of rotatable bonds is 3. The highest BCUT2D eigenvalue weighted by atomic mass is 32.2. The zero-order valence-electron chi connectivity index (χ0n) is 13.9. The van der Waals surface area contributed by atoms with Gasteiger partial charge in [-0.25, -0.2) is 15.0 Å². The van der Waals surface area contributed by atoms with Crippen molar-refractivity contribution in [1.29, 1.82) is 0 Å². The standard InChI is InChI=1S/C18H19N5S/c1-13-15-11-7-8-12-16(15)21-17(19-13)23(2)22-18(24-3)20-14-9-5-4-6-10-14/h4-12H,1-3H3,(H,20,22). The first-order chi connectivity index (χ1) is 11.7. The van der Waals surface area contributed by atoms with Gasteiger partial charge in [-0.1, -0.05) is 48.2 Å². The van der Waals surface area contributed by atoms with Crippen molar-refractivity contribution in [2.45, 2.75) is 6.92 Å². The summed E-state index contributed by atoms with van der Waals surface area (Å²) >= 11 is 1.54. The third-order valence-corrected chi connectivity index (χ3v) is 4.09. The first kappa shape index (κ1) is 16.3. The Morgan fingerprint density at radius 1 is 1.04 bits per heavy atom. The number of aryl methyl sites for hydroxylation is 1. The van der Waals surface area contributed by atoms with Crippen LogP contribution >= 0.6 is 11.8 Å². The van der Waals surface area contributed by atoms with E-state index in [1.807, 2.05) is 74.8 Å². The van der Waals surface area contributed by atoms with Crippen molar-refractivity contribution in [3.05, 3.63) is 60.3 Å². The monoisotopic (exact) mass is 337 g/mol. The van der Waals surface area contributed by atoms with Gasteiger partial charge in [0.1, 0.15) is 0 Å². The number of aliphatic imine (C=N–C) groups is 1. The lowest BCUT2D eigenvalue weighted by Crippen LogP contribution is -2.39. The lowest BCUT2D eigenvalue weighted by Gasteiger charge is -2.20. The molecular formula is C18H19N5S. The minimum absolute atomic E-state index is 0.612. The van der Waals surface area contributed by atoms with Crippen molar-refractivity contribution < 1.29 is 0 Å². The van der Waals surface area contributed by atoms with E-state index in [4.69, 9.17) is 0 Å². The number of anilines is 1. The molecule has 0 fully saturated rings. The SMILES string of the molecule is CSC(=Nc1ccccc1)NN(C)c1nc(C)c2ccccc2n1. The van der Waals surface area contributed by atoms with Crippen molar-refractivity contribution in [2.24, 2.45) is 4.99 Å². The molecule has 2 aromatic carbocycles. The molecule has 0 aliphatic rings. The summed E-state index contributed by atoms with van der Waals surface area (Å²) in [5, 5.41) is 3.63. The normalized spacial score (nSPS) is 11.5. The van der Waals surface area contributed by atoms with Crippen LogP contribution in [0.2, 0.25) is 0 Å². The van der Waals surface area contributed by atoms with Gasteiger partial charge in [0, 0.05) is 12.4 Å². The van der Waals surface area contributed by atoms with Crippen LogP contribution in [0.15, 0.2) is 59.6 Å². The number of aromatic nitrogens is 2. The molecule has 0 amide bonds. The van der Waals surface area contributed by atoms with Crippen molar-refractivity contribution >= 4 is 39.5 Å². The Labute approximate surface area is 145 Å². The molecule has 24 heavy (non-hydrogen) atoms. The Hall–Kier alpha value is -2.60. The maximum absolute atomic E-state index is 4.62. The molecule has 1 aromatic heterocycles. The first-order valence-corrected chi connectivity index (χ1v) is 8.81. The van der Waals surface area contributed by atoms with Crippen molar-refractivity contribution in [3.8, 4) is 0 Å². The molecule has 0 spiro atoms. The summed E-state index contributed by atoms with van der Waals surface area (Å²) in [6, 6.07) is 17.9. The first-order valence-electron chi connectivity index (χ1n) is 7.59. The number of fused-ring (bicyclic) bond motifs is 1. The van der Waals surface area contributed by atoms with E-state index in [1.54, 1.807) is 5.01 Å². The van der Waals surface area contributed by atoms with Gasteiger partial charge in [-0.15, -0.1) is 0 Å². The minimum Gasteiger partial charge on any atom is -0.274 e. The van der Waals surface area contributed by atoms with Crippen LogP contribution in [0.3, 0.4) is 0 Å². The van der Waals surface area contributed by atoms with Crippen LogP contribution in [-0.2, 0) is 0 Å². The van der Waals surface area contributed by atoms with Gasteiger partial charge < -0.3 is 0 Å². The molecule has 6 heteroatoms. The Morgan fingerprint density at radius 3 is 2.50 bits per heavy atom. The second-order valence-electron chi connectivity index (χ2n) is 5.25. The average molecular weight is 337 g/mol. The van der Waals surface area contributed by atoms with Crippen LogP contribution in [0.5, 0.6) is 0 Å². The van der Waals surface area contributed by atoms with Crippen LogP contribution in [-0.4, -0.2) is 28.4 Å². The third-order valence-electron chi connectivity index (χ3n) is 3.53. The lowest BCUT2D eigenvalue weighted by atomic mass is 10.2. The van der Waals surface area contributed by atoms with E-state index in [2.05, 4.69) is 20.4 Å². The van der Waals surface area contributed by atoms with Crippen molar-refractivity contribution in [2.75, 3.05) is 18.3 Å². The predicted octanol–water partition coefficient (Wildman–Crippen LogP) is 3.93. The van der Waals surface area contributed by atoms with Gasteiger partial charge in [-0.2, -0.15) is 0 Å². The molecule has 0 atom stereocenters. The highest BCUT2D eigenvalue weighted by Crippen LogP contribution is 2.18. The number of hydrazine groups is 1. The van der Waals surface area contributed by atoms with Gasteiger partial charge in [0.15, 0.2) is 5.17 Å². The summed E-state index contributed by atoms with van der Waals surface area (Å²) in [6.07, 6.45) is 1.98.